The normalized spacial score (nSPS) is 10.7. The van der Waals surface area contributed by atoms with Crippen LogP contribution in [0.5, 0.6) is 5.75 Å². The molecule has 134 valence electrons. The van der Waals surface area contributed by atoms with E-state index in [0.717, 1.165) is 10.9 Å². The van der Waals surface area contributed by atoms with Crippen LogP contribution >= 0.6 is 0 Å². The number of ether oxygens (including phenoxy) is 1. The number of hydrogen-bond acceptors (Lipinski definition) is 6. The van der Waals surface area contributed by atoms with Crippen LogP contribution in [0, 0.1) is 0 Å². The molecule has 0 bridgehead atoms. The highest BCUT2D eigenvalue weighted by Crippen LogP contribution is 2.22. The van der Waals surface area contributed by atoms with E-state index in [2.05, 4.69) is 25.8 Å². The Morgan fingerprint density at radius 2 is 1.93 bits per heavy atom. The first-order valence-corrected chi connectivity index (χ1v) is 8.30. The van der Waals surface area contributed by atoms with Crippen LogP contribution in [0.15, 0.2) is 60.8 Å². The fourth-order valence-corrected chi connectivity index (χ4v) is 2.62. The van der Waals surface area contributed by atoms with E-state index in [9.17, 15) is 4.79 Å². The first-order valence-electron chi connectivity index (χ1n) is 8.30. The Morgan fingerprint density at radius 3 is 2.70 bits per heavy atom. The van der Waals surface area contributed by atoms with Gasteiger partial charge in [0.05, 0.1) is 11.2 Å². The van der Waals surface area contributed by atoms with E-state index >= 15 is 0 Å². The second-order valence-electron chi connectivity index (χ2n) is 5.87. The number of benzene rings is 2. The van der Waals surface area contributed by atoms with E-state index in [0.29, 0.717) is 22.8 Å². The molecule has 0 fully saturated rings. The van der Waals surface area contributed by atoms with E-state index in [4.69, 9.17) is 4.74 Å². The van der Waals surface area contributed by atoms with Gasteiger partial charge in [0.2, 0.25) is 0 Å². The summed E-state index contributed by atoms with van der Waals surface area (Å²) < 4.78 is 7.18. The van der Waals surface area contributed by atoms with E-state index in [-0.39, 0.29) is 12.5 Å². The number of anilines is 1. The van der Waals surface area contributed by atoms with Crippen LogP contribution in [0.4, 0.5) is 5.69 Å². The van der Waals surface area contributed by atoms with Crippen molar-refractivity contribution >= 4 is 22.5 Å². The van der Waals surface area contributed by atoms with Crippen molar-refractivity contribution in [3.05, 3.63) is 72.2 Å². The van der Waals surface area contributed by atoms with Crippen molar-refractivity contribution in [3.8, 4) is 5.75 Å². The number of fused-ring (bicyclic) bond motifs is 1. The van der Waals surface area contributed by atoms with E-state index in [1.165, 1.54) is 0 Å². The minimum Gasteiger partial charge on any atom is -0.486 e. The molecule has 0 aliphatic carbocycles. The monoisotopic (exact) mass is 360 g/mol. The van der Waals surface area contributed by atoms with Gasteiger partial charge in [0.25, 0.3) is 5.91 Å². The number of aryl methyl sites for hydroxylation is 1. The second kappa shape index (κ2) is 7.20. The number of carbonyl (C=O) groups excluding carboxylic acids is 1. The number of pyridine rings is 1. The zero-order valence-corrected chi connectivity index (χ0v) is 14.5. The molecule has 0 aliphatic rings. The summed E-state index contributed by atoms with van der Waals surface area (Å²) in [5, 5.41) is 15.0. The SMILES string of the molecule is Cn1nnnc1COc1ccc(C(=O)Nc2cccc3cccnc23)cc1. The number of tetrazole rings is 1. The highest BCUT2D eigenvalue weighted by molar-refractivity contribution is 6.08. The molecule has 8 heteroatoms. The van der Waals surface area contributed by atoms with Gasteiger partial charge in [-0.3, -0.25) is 9.78 Å². The molecule has 2 aromatic heterocycles. The summed E-state index contributed by atoms with van der Waals surface area (Å²) in [5.41, 5.74) is 1.95. The maximum Gasteiger partial charge on any atom is 0.255 e. The minimum absolute atomic E-state index is 0.211. The third-order valence-corrected chi connectivity index (χ3v) is 4.07. The Bertz CT molecular complexity index is 1090. The first-order chi connectivity index (χ1) is 13.2. The average Bonchev–Trinajstić information content (AvgIpc) is 3.12. The van der Waals surface area contributed by atoms with Gasteiger partial charge < -0.3 is 10.1 Å². The fourth-order valence-electron chi connectivity index (χ4n) is 2.62. The number of nitrogens with one attached hydrogen (secondary N) is 1. The number of aromatic nitrogens is 5. The Morgan fingerprint density at radius 1 is 1.11 bits per heavy atom. The maximum atomic E-state index is 12.5. The molecule has 0 aliphatic heterocycles. The summed E-state index contributed by atoms with van der Waals surface area (Å²) in [7, 11) is 1.74. The summed E-state index contributed by atoms with van der Waals surface area (Å²) in [4.78, 5) is 16.9. The molecule has 0 unspecified atom stereocenters. The minimum atomic E-state index is -0.211. The van der Waals surface area contributed by atoms with Gasteiger partial charge in [0.1, 0.15) is 12.4 Å². The average molecular weight is 360 g/mol. The molecule has 4 aromatic rings. The van der Waals surface area contributed by atoms with Crippen molar-refractivity contribution in [3.63, 3.8) is 0 Å². The smallest absolute Gasteiger partial charge is 0.255 e. The molecule has 8 nitrogen and oxygen atoms in total. The Kier molecular flexibility index (Phi) is 4.44. The molecular formula is C19H16N6O2. The van der Waals surface area contributed by atoms with Gasteiger partial charge in [-0.2, -0.15) is 0 Å². The fraction of sp³-hybridized carbons (Fsp3) is 0.105. The number of amides is 1. The molecule has 0 radical (unpaired) electrons. The second-order valence-corrected chi connectivity index (χ2v) is 5.87. The van der Waals surface area contributed by atoms with Crippen LogP contribution in [-0.4, -0.2) is 31.1 Å². The van der Waals surface area contributed by atoms with Gasteiger partial charge in [-0.25, -0.2) is 4.68 Å². The quantitative estimate of drug-likeness (QED) is 0.588. The van der Waals surface area contributed by atoms with Gasteiger partial charge in [0, 0.05) is 24.2 Å². The van der Waals surface area contributed by atoms with Crippen LogP contribution in [0.25, 0.3) is 10.9 Å². The van der Waals surface area contributed by atoms with Crippen LogP contribution in [0.2, 0.25) is 0 Å². The summed E-state index contributed by atoms with van der Waals surface area (Å²) >= 11 is 0. The third kappa shape index (κ3) is 3.59. The number of rotatable bonds is 5. The molecule has 4 rings (SSSR count). The number of carbonyl (C=O) groups is 1. The van der Waals surface area contributed by atoms with Gasteiger partial charge >= 0.3 is 0 Å². The summed E-state index contributed by atoms with van der Waals surface area (Å²) in [6, 6.07) is 16.4. The number of nitrogens with zero attached hydrogens (tertiary/aromatic N) is 5. The van der Waals surface area contributed by atoms with Crippen molar-refractivity contribution < 1.29 is 9.53 Å². The lowest BCUT2D eigenvalue weighted by Gasteiger charge is -2.09. The van der Waals surface area contributed by atoms with Crippen molar-refractivity contribution in [2.24, 2.45) is 7.05 Å². The van der Waals surface area contributed by atoms with E-state index in [1.807, 2.05) is 30.3 Å². The molecular weight excluding hydrogens is 344 g/mol. The van der Waals surface area contributed by atoms with Crippen molar-refractivity contribution in [1.29, 1.82) is 0 Å². The van der Waals surface area contributed by atoms with E-state index in [1.54, 1.807) is 42.2 Å². The predicted octanol–water partition coefficient (Wildman–Crippen LogP) is 2.59. The largest absolute Gasteiger partial charge is 0.486 e. The highest BCUT2D eigenvalue weighted by atomic mass is 16.5. The molecule has 1 amide bonds. The maximum absolute atomic E-state index is 12.5. The lowest BCUT2D eigenvalue weighted by atomic mass is 10.1. The molecule has 0 saturated heterocycles. The van der Waals surface area contributed by atoms with Gasteiger partial charge in [-0.15, -0.1) is 5.10 Å². The zero-order valence-electron chi connectivity index (χ0n) is 14.5. The first kappa shape index (κ1) is 16.6. The third-order valence-electron chi connectivity index (χ3n) is 4.07. The van der Waals surface area contributed by atoms with Crippen molar-refractivity contribution in [2.45, 2.75) is 6.61 Å². The Labute approximate surface area is 154 Å². The molecule has 0 saturated carbocycles. The van der Waals surface area contributed by atoms with Crippen LogP contribution in [0.3, 0.4) is 0 Å². The Hall–Kier alpha value is -3.81. The van der Waals surface area contributed by atoms with Crippen LogP contribution in [0.1, 0.15) is 16.2 Å². The van der Waals surface area contributed by atoms with Gasteiger partial charge in [-0.1, -0.05) is 18.2 Å². The zero-order chi connectivity index (χ0) is 18.6. The van der Waals surface area contributed by atoms with Crippen LogP contribution in [-0.2, 0) is 13.7 Å². The summed E-state index contributed by atoms with van der Waals surface area (Å²) in [5.74, 6) is 1.03. The van der Waals surface area contributed by atoms with Crippen molar-refractivity contribution in [1.82, 2.24) is 25.2 Å². The Balaban J connectivity index is 1.45. The van der Waals surface area contributed by atoms with E-state index < -0.39 is 0 Å². The lowest BCUT2D eigenvalue weighted by Crippen LogP contribution is -2.12. The van der Waals surface area contributed by atoms with Gasteiger partial charge in [0.15, 0.2) is 5.82 Å². The molecule has 27 heavy (non-hydrogen) atoms. The molecule has 1 N–H and O–H groups in total. The highest BCUT2D eigenvalue weighted by Gasteiger charge is 2.10. The molecule has 0 atom stereocenters. The standard InChI is InChI=1S/C19H16N6O2/c1-25-17(22-23-24-25)12-27-15-9-7-14(8-10-15)19(26)21-16-6-2-4-13-5-3-11-20-18(13)16/h2-11H,12H2,1H3,(H,21,26). The predicted molar refractivity (Wildman–Crippen MR) is 99.3 cm³/mol. The lowest BCUT2D eigenvalue weighted by molar-refractivity contribution is 0.102. The summed E-state index contributed by atoms with van der Waals surface area (Å²) in [6.45, 7) is 0.247. The number of hydrogen-bond donors (Lipinski definition) is 1. The molecule has 2 aromatic carbocycles. The molecule has 0 spiro atoms. The van der Waals surface area contributed by atoms with Crippen LogP contribution < -0.4 is 10.1 Å². The van der Waals surface area contributed by atoms with Gasteiger partial charge in [-0.05, 0) is 46.8 Å². The topological polar surface area (TPSA) is 94.8 Å². The summed E-state index contributed by atoms with van der Waals surface area (Å²) in [6.07, 6.45) is 1.71. The molecule has 2 heterocycles. The van der Waals surface area contributed by atoms with Crippen molar-refractivity contribution in [2.75, 3.05) is 5.32 Å². The number of para-hydroxylation sites is 1.